The van der Waals surface area contributed by atoms with Crippen LogP contribution in [-0.4, -0.2) is 0 Å². The highest BCUT2D eigenvalue weighted by atomic mass is 14.5. The van der Waals surface area contributed by atoms with E-state index in [1.54, 1.807) is 0 Å². The molecule has 2 unspecified atom stereocenters. The predicted octanol–water partition coefficient (Wildman–Crippen LogP) is 12.0. The van der Waals surface area contributed by atoms with Gasteiger partial charge < -0.3 is 11.5 Å². The Balaban J connectivity index is 1.51. The summed E-state index contributed by atoms with van der Waals surface area (Å²) in [6, 6.07) is 32.5. The van der Waals surface area contributed by atoms with Crippen LogP contribution in [0.25, 0.3) is 0 Å². The van der Waals surface area contributed by atoms with Crippen LogP contribution in [0.2, 0.25) is 0 Å². The van der Waals surface area contributed by atoms with Crippen LogP contribution in [0.1, 0.15) is 148 Å². The van der Waals surface area contributed by atoms with E-state index >= 15 is 0 Å². The van der Waals surface area contributed by atoms with Crippen LogP contribution < -0.4 is 11.5 Å². The smallest absolute Gasteiger partial charge is 0.0316 e. The van der Waals surface area contributed by atoms with Crippen molar-refractivity contribution < 1.29 is 0 Å². The second kappa shape index (κ2) is 15.4. The van der Waals surface area contributed by atoms with Gasteiger partial charge in [0.15, 0.2) is 0 Å². The van der Waals surface area contributed by atoms with Crippen LogP contribution in [0, 0.1) is 19.8 Å². The molecule has 0 saturated heterocycles. The van der Waals surface area contributed by atoms with Crippen molar-refractivity contribution in [3.8, 4) is 0 Å². The van der Waals surface area contributed by atoms with Crippen LogP contribution in [0.4, 0.5) is 11.4 Å². The van der Waals surface area contributed by atoms with E-state index in [1.807, 2.05) is 0 Å². The van der Waals surface area contributed by atoms with Crippen LogP contribution in [0.15, 0.2) is 84.9 Å². The molecule has 0 aromatic heterocycles. The molecule has 46 heavy (non-hydrogen) atoms. The first-order valence-electron chi connectivity index (χ1n) is 18.2. The number of anilines is 2. The second-order valence-electron chi connectivity index (χ2n) is 14.4. The fraction of sp³-hybridized carbons (Fsp3) is 0.455. The van der Waals surface area contributed by atoms with Gasteiger partial charge in [0, 0.05) is 28.6 Å². The van der Waals surface area contributed by atoms with Crippen LogP contribution >= 0.6 is 0 Å². The summed E-state index contributed by atoms with van der Waals surface area (Å²) in [7, 11) is 0. The van der Waals surface area contributed by atoms with Gasteiger partial charge in [-0.15, -0.1) is 0 Å². The molecule has 4 N–H and O–H groups in total. The number of nitrogens with two attached hydrogens (primary N) is 2. The number of unbranched alkanes of at least 4 members (excludes halogenated alkanes) is 2. The minimum Gasteiger partial charge on any atom is -0.399 e. The Hall–Kier alpha value is -3.52. The molecule has 5 rings (SSSR count). The highest BCUT2D eigenvalue weighted by molar-refractivity contribution is 5.50. The molecule has 0 spiro atoms. The van der Waals surface area contributed by atoms with Crippen molar-refractivity contribution in [1.29, 1.82) is 0 Å². The minimum atomic E-state index is -0.0243. The zero-order valence-corrected chi connectivity index (χ0v) is 29.2. The predicted molar refractivity (Wildman–Crippen MR) is 200 cm³/mol. The number of hydrogen-bond acceptors (Lipinski definition) is 2. The molecule has 0 amide bonds. The Morgan fingerprint density at radius 2 is 1.02 bits per heavy atom. The zero-order valence-electron chi connectivity index (χ0n) is 29.2. The second-order valence-corrected chi connectivity index (χ2v) is 14.4. The lowest BCUT2D eigenvalue weighted by Gasteiger charge is -2.41. The third-order valence-corrected chi connectivity index (χ3v) is 11.3. The Morgan fingerprint density at radius 1 is 0.609 bits per heavy atom. The van der Waals surface area contributed by atoms with E-state index in [0.29, 0.717) is 17.8 Å². The van der Waals surface area contributed by atoms with Crippen molar-refractivity contribution in [1.82, 2.24) is 0 Å². The Morgan fingerprint density at radius 3 is 1.39 bits per heavy atom. The topological polar surface area (TPSA) is 52.0 Å². The minimum absolute atomic E-state index is 0.0243. The molecule has 4 aromatic rings. The number of rotatable bonds is 13. The highest BCUT2D eigenvalue weighted by Gasteiger charge is 2.38. The van der Waals surface area contributed by atoms with E-state index in [4.69, 9.17) is 11.5 Å². The maximum absolute atomic E-state index is 6.14. The monoisotopic (exact) mass is 614 g/mol. The van der Waals surface area contributed by atoms with Crippen LogP contribution in [-0.2, 0) is 5.41 Å². The number of aryl methyl sites for hydroxylation is 2. The van der Waals surface area contributed by atoms with E-state index in [-0.39, 0.29) is 5.41 Å². The van der Waals surface area contributed by atoms with Crippen LogP contribution in [0.5, 0.6) is 0 Å². The molecule has 2 atom stereocenters. The molecule has 2 nitrogen and oxygen atoms in total. The van der Waals surface area contributed by atoms with Crippen molar-refractivity contribution in [2.45, 2.75) is 122 Å². The summed E-state index contributed by atoms with van der Waals surface area (Å²) in [6.07, 6.45) is 13.8. The first-order valence-corrected chi connectivity index (χ1v) is 18.2. The normalized spacial score (nSPS) is 16.5. The number of nitrogen functional groups attached to an aromatic ring is 2. The summed E-state index contributed by atoms with van der Waals surface area (Å²) >= 11 is 0. The molecule has 1 fully saturated rings. The molecule has 4 aromatic carbocycles. The zero-order chi connectivity index (χ0) is 32.7. The Labute approximate surface area is 280 Å². The maximum atomic E-state index is 6.14. The molecule has 0 radical (unpaired) electrons. The SMILES string of the molecule is CCCCC(c1ccc(C(C)(c2ccc(C(CCCC)c3ccc(N)cc3C)cc2)C2CCCCC2)cc1)c1ccc(N)cc1C. The fourth-order valence-electron chi connectivity index (χ4n) is 8.44. The first-order chi connectivity index (χ1) is 22.3. The number of benzene rings is 4. The van der Waals surface area contributed by atoms with Crippen molar-refractivity contribution in [3.05, 3.63) is 129 Å². The molecule has 2 heteroatoms. The van der Waals surface area contributed by atoms with Gasteiger partial charge >= 0.3 is 0 Å². The van der Waals surface area contributed by atoms with E-state index in [0.717, 1.165) is 24.2 Å². The van der Waals surface area contributed by atoms with Gasteiger partial charge in [-0.2, -0.15) is 0 Å². The van der Waals surface area contributed by atoms with Crippen molar-refractivity contribution >= 4 is 11.4 Å². The van der Waals surface area contributed by atoms with Gasteiger partial charge in [-0.1, -0.05) is 126 Å². The summed E-state index contributed by atoms with van der Waals surface area (Å²) in [5.74, 6) is 1.43. The van der Waals surface area contributed by atoms with E-state index in [1.165, 1.54) is 102 Å². The molecule has 1 saturated carbocycles. The molecule has 1 aliphatic carbocycles. The standard InChI is InChI=1S/C44H58N2/c1-6-8-15-42(40-27-25-38(45)29-31(40)3)33-17-21-36(22-18-33)44(5,35-13-11-10-12-14-35)37-23-19-34(20-24-37)43(16-9-7-2)41-28-26-39(46)30-32(41)4/h17-30,35,42-43H,6-16,45-46H2,1-5H3. The largest absolute Gasteiger partial charge is 0.399 e. The molecule has 1 aliphatic rings. The van der Waals surface area contributed by atoms with Gasteiger partial charge in [0.1, 0.15) is 0 Å². The summed E-state index contributed by atoms with van der Waals surface area (Å²) in [5, 5.41) is 0. The summed E-state index contributed by atoms with van der Waals surface area (Å²) in [5.41, 5.74) is 25.1. The average molecular weight is 615 g/mol. The van der Waals surface area contributed by atoms with E-state index < -0.39 is 0 Å². The summed E-state index contributed by atoms with van der Waals surface area (Å²) in [6.45, 7) is 11.5. The van der Waals surface area contributed by atoms with Gasteiger partial charge in [0.2, 0.25) is 0 Å². The van der Waals surface area contributed by atoms with Gasteiger partial charge in [0.25, 0.3) is 0 Å². The highest BCUT2D eigenvalue weighted by Crippen LogP contribution is 2.47. The van der Waals surface area contributed by atoms with E-state index in [2.05, 4.69) is 120 Å². The van der Waals surface area contributed by atoms with Gasteiger partial charge in [-0.3, -0.25) is 0 Å². The quantitative estimate of drug-likeness (QED) is 0.147. The van der Waals surface area contributed by atoms with Crippen molar-refractivity contribution in [2.75, 3.05) is 11.5 Å². The fourth-order valence-corrected chi connectivity index (χ4v) is 8.44. The number of hydrogen-bond donors (Lipinski definition) is 2. The van der Waals surface area contributed by atoms with Crippen molar-refractivity contribution in [3.63, 3.8) is 0 Å². The van der Waals surface area contributed by atoms with Gasteiger partial charge in [-0.25, -0.2) is 0 Å². The lowest BCUT2D eigenvalue weighted by Crippen LogP contribution is -2.35. The Kier molecular flexibility index (Phi) is 11.3. The van der Waals surface area contributed by atoms with Crippen molar-refractivity contribution in [2.24, 2.45) is 5.92 Å². The molecule has 0 aliphatic heterocycles. The lowest BCUT2D eigenvalue weighted by atomic mass is 9.62. The van der Waals surface area contributed by atoms with Gasteiger partial charge in [-0.05, 0) is 114 Å². The molecular formula is C44H58N2. The van der Waals surface area contributed by atoms with Gasteiger partial charge in [0.05, 0.1) is 0 Å². The average Bonchev–Trinajstić information content (AvgIpc) is 3.07. The third-order valence-electron chi connectivity index (χ3n) is 11.3. The molecule has 0 heterocycles. The Bertz CT molecular complexity index is 1440. The van der Waals surface area contributed by atoms with E-state index in [9.17, 15) is 0 Å². The maximum Gasteiger partial charge on any atom is 0.0316 e. The molecule has 0 bridgehead atoms. The lowest BCUT2D eigenvalue weighted by molar-refractivity contribution is 0.254. The van der Waals surface area contributed by atoms with Crippen LogP contribution in [0.3, 0.4) is 0 Å². The molecule has 244 valence electrons. The first kappa shape index (κ1) is 33.8. The summed E-state index contributed by atoms with van der Waals surface area (Å²) in [4.78, 5) is 0. The third kappa shape index (κ3) is 7.38. The summed E-state index contributed by atoms with van der Waals surface area (Å²) < 4.78 is 0. The molecular weight excluding hydrogens is 556 g/mol.